The SMILES string of the molecule is CC1(C)c2cc(-c3c4ccccc4c(-c4ccc5[nH]c6ccccc6c5c4)c4ccccc34)ccc2-c2c1ccc1ccccc21. The summed E-state index contributed by atoms with van der Waals surface area (Å²) in [6.45, 7) is 4.77. The Labute approximate surface area is 267 Å². The molecule has 0 saturated carbocycles. The Morgan fingerprint density at radius 1 is 0.391 bits per heavy atom. The summed E-state index contributed by atoms with van der Waals surface area (Å²) >= 11 is 0. The van der Waals surface area contributed by atoms with Gasteiger partial charge in [0.15, 0.2) is 0 Å². The second-order valence-electron chi connectivity index (χ2n) is 13.4. The number of hydrogen-bond donors (Lipinski definition) is 1. The van der Waals surface area contributed by atoms with Crippen molar-refractivity contribution in [2.45, 2.75) is 19.3 Å². The van der Waals surface area contributed by atoms with Crippen molar-refractivity contribution >= 4 is 54.1 Å². The molecule has 46 heavy (non-hydrogen) atoms. The first-order valence-electron chi connectivity index (χ1n) is 16.2. The molecule has 1 nitrogen and oxygen atoms in total. The first-order chi connectivity index (χ1) is 22.6. The molecule has 0 radical (unpaired) electrons. The average Bonchev–Trinajstić information content (AvgIpc) is 3.58. The van der Waals surface area contributed by atoms with E-state index < -0.39 is 0 Å². The van der Waals surface area contributed by atoms with Crippen LogP contribution in [0.25, 0.3) is 87.5 Å². The van der Waals surface area contributed by atoms with Gasteiger partial charge in [0.05, 0.1) is 0 Å². The fourth-order valence-corrected chi connectivity index (χ4v) is 8.42. The van der Waals surface area contributed by atoms with Crippen LogP contribution in [0.2, 0.25) is 0 Å². The van der Waals surface area contributed by atoms with Crippen LogP contribution >= 0.6 is 0 Å². The number of para-hydroxylation sites is 1. The lowest BCUT2D eigenvalue weighted by molar-refractivity contribution is 0.661. The molecule has 0 spiro atoms. The number of rotatable bonds is 2. The van der Waals surface area contributed by atoms with Gasteiger partial charge in [0.1, 0.15) is 0 Å². The molecule has 1 heterocycles. The number of benzene rings is 8. The van der Waals surface area contributed by atoms with Crippen molar-refractivity contribution in [3.05, 3.63) is 157 Å². The maximum Gasteiger partial charge on any atom is 0.0465 e. The van der Waals surface area contributed by atoms with Crippen LogP contribution in [0.5, 0.6) is 0 Å². The van der Waals surface area contributed by atoms with Crippen LogP contribution < -0.4 is 0 Å². The van der Waals surface area contributed by atoms with Gasteiger partial charge in [-0.15, -0.1) is 0 Å². The maximum atomic E-state index is 3.60. The fraction of sp³-hybridized carbons (Fsp3) is 0.0667. The molecule has 0 amide bonds. The molecule has 0 saturated heterocycles. The standard InChI is InChI=1S/C45H31N/c1-45(2)38-23-20-27-11-3-4-12-30(27)44(38)36-22-19-29(26-39(36)45)43-34-16-7-5-14-32(34)42(33-15-6-8-17-35(33)43)28-21-24-41-37(25-28)31-13-9-10-18-40(31)46-41/h3-26,46H,1-2H3. The normalized spacial score (nSPS) is 13.6. The highest BCUT2D eigenvalue weighted by molar-refractivity contribution is 6.22. The molecular formula is C45H31N. The number of aromatic nitrogens is 1. The van der Waals surface area contributed by atoms with E-state index in [1.807, 2.05) is 0 Å². The largest absolute Gasteiger partial charge is 0.355 e. The molecule has 1 aliphatic carbocycles. The molecule has 10 rings (SSSR count). The third-order valence-electron chi connectivity index (χ3n) is 10.6. The van der Waals surface area contributed by atoms with E-state index in [1.54, 1.807) is 0 Å². The zero-order valence-electron chi connectivity index (χ0n) is 25.9. The topological polar surface area (TPSA) is 15.8 Å². The Balaban J connectivity index is 1.25. The molecule has 0 bridgehead atoms. The van der Waals surface area contributed by atoms with E-state index in [2.05, 4.69) is 164 Å². The monoisotopic (exact) mass is 585 g/mol. The van der Waals surface area contributed by atoms with Gasteiger partial charge < -0.3 is 4.98 Å². The van der Waals surface area contributed by atoms with Gasteiger partial charge in [0, 0.05) is 27.2 Å². The molecular weight excluding hydrogens is 555 g/mol. The number of hydrogen-bond acceptors (Lipinski definition) is 0. The fourth-order valence-electron chi connectivity index (χ4n) is 8.42. The zero-order valence-corrected chi connectivity index (χ0v) is 25.9. The molecule has 1 heteroatoms. The predicted octanol–water partition coefficient (Wildman–Crippen LogP) is 12.4. The van der Waals surface area contributed by atoms with Gasteiger partial charge in [0.25, 0.3) is 0 Å². The third kappa shape index (κ3) is 3.40. The first kappa shape index (κ1) is 25.6. The molecule has 9 aromatic rings. The molecule has 1 aromatic heterocycles. The van der Waals surface area contributed by atoms with E-state index in [9.17, 15) is 0 Å². The Bertz CT molecular complexity index is 2660. The van der Waals surface area contributed by atoms with Gasteiger partial charge in [-0.3, -0.25) is 0 Å². The Kier molecular flexibility index (Phi) is 5.12. The van der Waals surface area contributed by atoms with Crippen molar-refractivity contribution in [3.63, 3.8) is 0 Å². The summed E-state index contributed by atoms with van der Waals surface area (Å²) < 4.78 is 0. The maximum absolute atomic E-state index is 3.60. The minimum atomic E-state index is -0.0923. The molecule has 0 atom stereocenters. The van der Waals surface area contributed by atoms with Gasteiger partial charge >= 0.3 is 0 Å². The highest BCUT2D eigenvalue weighted by Crippen LogP contribution is 2.53. The first-order valence-corrected chi connectivity index (χ1v) is 16.2. The van der Waals surface area contributed by atoms with E-state index in [1.165, 1.54) is 98.6 Å². The van der Waals surface area contributed by atoms with Crippen molar-refractivity contribution in [1.29, 1.82) is 0 Å². The summed E-state index contributed by atoms with van der Waals surface area (Å²) in [5.74, 6) is 0. The Hall–Kier alpha value is -5.66. The molecule has 8 aromatic carbocycles. The number of H-pyrrole nitrogens is 1. The van der Waals surface area contributed by atoms with Crippen LogP contribution in [0, 0.1) is 0 Å². The van der Waals surface area contributed by atoms with Crippen molar-refractivity contribution < 1.29 is 0 Å². The molecule has 1 N–H and O–H groups in total. The summed E-state index contributed by atoms with van der Waals surface area (Å²) in [6, 6.07) is 54.1. The van der Waals surface area contributed by atoms with Crippen molar-refractivity contribution in [2.24, 2.45) is 0 Å². The average molecular weight is 586 g/mol. The summed E-state index contributed by atoms with van der Waals surface area (Å²) in [4.78, 5) is 3.60. The summed E-state index contributed by atoms with van der Waals surface area (Å²) in [7, 11) is 0. The second kappa shape index (κ2) is 9.19. The number of aromatic amines is 1. The lowest BCUT2D eigenvalue weighted by Gasteiger charge is -2.23. The van der Waals surface area contributed by atoms with Crippen LogP contribution in [-0.2, 0) is 5.41 Å². The van der Waals surface area contributed by atoms with Crippen LogP contribution in [0.3, 0.4) is 0 Å². The minimum absolute atomic E-state index is 0.0923. The summed E-state index contributed by atoms with van der Waals surface area (Å²) in [6.07, 6.45) is 0. The highest BCUT2D eigenvalue weighted by atomic mass is 14.7. The number of nitrogens with one attached hydrogen (secondary N) is 1. The van der Waals surface area contributed by atoms with Gasteiger partial charge in [-0.1, -0.05) is 135 Å². The summed E-state index contributed by atoms with van der Waals surface area (Å²) in [5.41, 5.74) is 12.9. The third-order valence-corrected chi connectivity index (χ3v) is 10.6. The molecule has 0 aliphatic heterocycles. The van der Waals surface area contributed by atoms with E-state index in [4.69, 9.17) is 0 Å². The van der Waals surface area contributed by atoms with Gasteiger partial charge in [-0.2, -0.15) is 0 Å². The minimum Gasteiger partial charge on any atom is -0.355 e. The quantitative estimate of drug-likeness (QED) is 0.194. The van der Waals surface area contributed by atoms with Crippen molar-refractivity contribution in [3.8, 4) is 33.4 Å². The van der Waals surface area contributed by atoms with E-state index in [0.717, 1.165) is 0 Å². The molecule has 216 valence electrons. The predicted molar refractivity (Wildman–Crippen MR) is 197 cm³/mol. The van der Waals surface area contributed by atoms with Crippen molar-refractivity contribution in [2.75, 3.05) is 0 Å². The van der Waals surface area contributed by atoms with Crippen LogP contribution in [0.1, 0.15) is 25.0 Å². The van der Waals surface area contributed by atoms with Gasteiger partial charge in [-0.25, -0.2) is 0 Å². The van der Waals surface area contributed by atoms with Crippen molar-refractivity contribution in [1.82, 2.24) is 4.98 Å². The highest BCUT2D eigenvalue weighted by Gasteiger charge is 2.36. The van der Waals surface area contributed by atoms with Gasteiger partial charge in [-0.05, 0) is 101 Å². The smallest absolute Gasteiger partial charge is 0.0465 e. The molecule has 0 fully saturated rings. The second-order valence-corrected chi connectivity index (χ2v) is 13.4. The Morgan fingerprint density at radius 2 is 0.935 bits per heavy atom. The van der Waals surface area contributed by atoms with E-state index in [-0.39, 0.29) is 5.41 Å². The van der Waals surface area contributed by atoms with Crippen LogP contribution in [-0.4, -0.2) is 4.98 Å². The van der Waals surface area contributed by atoms with Gasteiger partial charge in [0.2, 0.25) is 0 Å². The van der Waals surface area contributed by atoms with E-state index >= 15 is 0 Å². The zero-order chi connectivity index (χ0) is 30.6. The lowest BCUT2D eigenvalue weighted by Crippen LogP contribution is -2.15. The van der Waals surface area contributed by atoms with Crippen LogP contribution in [0.4, 0.5) is 0 Å². The molecule has 0 unspecified atom stereocenters. The summed E-state index contributed by atoms with van der Waals surface area (Å²) in [5, 5.41) is 10.3. The lowest BCUT2D eigenvalue weighted by atomic mass is 9.80. The van der Waals surface area contributed by atoms with E-state index in [0.29, 0.717) is 0 Å². The Morgan fingerprint density at radius 3 is 1.63 bits per heavy atom. The molecule has 1 aliphatic rings. The number of fused-ring (bicyclic) bond motifs is 10. The van der Waals surface area contributed by atoms with Crippen LogP contribution in [0.15, 0.2) is 146 Å².